The van der Waals surface area contributed by atoms with Crippen molar-refractivity contribution in [3.8, 4) is 0 Å². The normalized spacial score (nSPS) is 30.2. The summed E-state index contributed by atoms with van der Waals surface area (Å²) in [6, 6.07) is 0.670. The Kier molecular flexibility index (Phi) is 4.41. The highest BCUT2D eigenvalue weighted by atomic mass is 16.3. The number of aromatic nitrogens is 2. The van der Waals surface area contributed by atoms with Crippen molar-refractivity contribution < 1.29 is 5.11 Å². The van der Waals surface area contributed by atoms with E-state index in [1.807, 2.05) is 0 Å². The quantitative estimate of drug-likeness (QED) is 0.832. The summed E-state index contributed by atoms with van der Waals surface area (Å²) in [6.45, 7) is 3.28. The van der Waals surface area contributed by atoms with Crippen LogP contribution in [0.4, 0.5) is 0 Å². The van der Waals surface area contributed by atoms with Gasteiger partial charge in [-0.05, 0) is 51.5 Å². The number of hydrogen-bond donors (Lipinski definition) is 2. The Morgan fingerprint density at radius 1 is 1.30 bits per heavy atom. The minimum absolute atomic E-state index is 0.204. The molecule has 2 aliphatic rings. The fraction of sp³-hybridized carbons (Fsp3) is 0.812. The second kappa shape index (κ2) is 6.27. The molecule has 2 aliphatic carbocycles. The Labute approximate surface area is 121 Å². The molecule has 1 saturated carbocycles. The Morgan fingerprint density at radius 3 is 2.95 bits per heavy atom. The third-order valence-electron chi connectivity index (χ3n) is 4.86. The molecule has 3 rings (SSSR count). The standard InChI is InChI=1S/C16H27N3O/c1-2-10-17-13-6-3-4-7-14-12(13)11-18-19(14)15-8-5-9-16(15)20/h11,13,15-17,20H,2-10H2,1H3. The number of nitrogens with zero attached hydrogens (tertiary/aromatic N) is 2. The fourth-order valence-corrected chi connectivity index (χ4v) is 3.77. The van der Waals surface area contributed by atoms with E-state index in [-0.39, 0.29) is 12.1 Å². The van der Waals surface area contributed by atoms with Crippen molar-refractivity contribution in [2.24, 2.45) is 0 Å². The van der Waals surface area contributed by atoms with Gasteiger partial charge in [0.2, 0.25) is 0 Å². The van der Waals surface area contributed by atoms with Crippen LogP contribution >= 0.6 is 0 Å². The van der Waals surface area contributed by atoms with Crippen LogP contribution in [0.1, 0.15) is 75.2 Å². The first kappa shape index (κ1) is 14.1. The summed E-state index contributed by atoms with van der Waals surface area (Å²) < 4.78 is 2.15. The summed E-state index contributed by atoms with van der Waals surface area (Å²) in [7, 11) is 0. The SMILES string of the molecule is CCCNC1CCCCc2c1cnn2C1CCCC1O. The highest BCUT2D eigenvalue weighted by Gasteiger charge is 2.31. The first-order chi connectivity index (χ1) is 9.81. The third kappa shape index (κ3) is 2.63. The molecule has 0 aromatic carbocycles. The molecule has 0 bridgehead atoms. The van der Waals surface area contributed by atoms with E-state index in [0.29, 0.717) is 6.04 Å². The molecule has 1 fully saturated rings. The molecule has 1 heterocycles. The van der Waals surface area contributed by atoms with Crippen LogP contribution in [0.5, 0.6) is 0 Å². The van der Waals surface area contributed by atoms with Crippen molar-refractivity contribution in [1.29, 1.82) is 0 Å². The van der Waals surface area contributed by atoms with Gasteiger partial charge in [0.15, 0.2) is 0 Å². The Morgan fingerprint density at radius 2 is 2.20 bits per heavy atom. The second-order valence-corrected chi connectivity index (χ2v) is 6.31. The number of aliphatic hydroxyl groups excluding tert-OH is 1. The van der Waals surface area contributed by atoms with Crippen LogP contribution in [0.3, 0.4) is 0 Å². The Bertz CT molecular complexity index is 443. The number of aliphatic hydroxyl groups is 1. The summed E-state index contributed by atoms with van der Waals surface area (Å²) in [5.74, 6) is 0. The third-order valence-corrected chi connectivity index (χ3v) is 4.86. The molecular formula is C16H27N3O. The van der Waals surface area contributed by atoms with E-state index in [0.717, 1.165) is 32.2 Å². The van der Waals surface area contributed by atoms with E-state index < -0.39 is 0 Å². The smallest absolute Gasteiger partial charge is 0.0781 e. The molecule has 1 aromatic heterocycles. The topological polar surface area (TPSA) is 50.1 Å². The van der Waals surface area contributed by atoms with Gasteiger partial charge in [-0.2, -0.15) is 5.10 Å². The summed E-state index contributed by atoms with van der Waals surface area (Å²) in [5, 5.41) is 18.5. The van der Waals surface area contributed by atoms with E-state index in [1.165, 1.54) is 36.9 Å². The van der Waals surface area contributed by atoms with Gasteiger partial charge in [0.1, 0.15) is 0 Å². The number of hydrogen-bond acceptors (Lipinski definition) is 3. The largest absolute Gasteiger partial charge is 0.391 e. The van der Waals surface area contributed by atoms with Crippen LogP contribution in [0.15, 0.2) is 6.20 Å². The monoisotopic (exact) mass is 277 g/mol. The van der Waals surface area contributed by atoms with Crippen molar-refractivity contribution in [3.63, 3.8) is 0 Å². The number of fused-ring (bicyclic) bond motifs is 1. The minimum atomic E-state index is -0.204. The van der Waals surface area contributed by atoms with Crippen LogP contribution in [-0.4, -0.2) is 27.5 Å². The van der Waals surface area contributed by atoms with Gasteiger partial charge >= 0.3 is 0 Å². The van der Waals surface area contributed by atoms with Gasteiger partial charge in [-0.15, -0.1) is 0 Å². The summed E-state index contributed by atoms with van der Waals surface area (Å²) >= 11 is 0. The molecule has 3 unspecified atom stereocenters. The highest BCUT2D eigenvalue weighted by molar-refractivity contribution is 5.24. The van der Waals surface area contributed by atoms with E-state index >= 15 is 0 Å². The zero-order valence-electron chi connectivity index (χ0n) is 12.5. The summed E-state index contributed by atoms with van der Waals surface area (Å²) in [6.07, 6.45) is 11.0. The molecule has 0 aliphatic heterocycles. The maximum Gasteiger partial charge on any atom is 0.0781 e. The first-order valence-electron chi connectivity index (χ1n) is 8.29. The van der Waals surface area contributed by atoms with Crippen molar-refractivity contribution in [1.82, 2.24) is 15.1 Å². The molecule has 3 atom stereocenters. The lowest BCUT2D eigenvalue weighted by molar-refractivity contribution is 0.128. The second-order valence-electron chi connectivity index (χ2n) is 6.31. The van der Waals surface area contributed by atoms with Crippen LogP contribution in [-0.2, 0) is 6.42 Å². The van der Waals surface area contributed by atoms with Crippen LogP contribution < -0.4 is 5.32 Å². The van der Waals surface area contributed by atoms with Crippen LogP contribution in [0.25, 0.3) is 0 Å². The zero-order valence-corrected chi connectivity index (χ0v) is 12.5. The highest BCUT2D eigenvalue weighted by Crippen LogP contribution is 2.35. The van der Waals surface area contributed by atoms with E-state index in [2.05, 4.69) is 28.2 Å². The molecule has 0 saturated heterocycles. The molecule has 4 heteroatoms. The lowest BCUT2D eigenvalue weighted by Gasteiger charge is -2.20. The molecule has 4 nitrogen and oxygen atoms in total. The maximum atomic E-state index is 10.2. The van der Waals surface area contributed by atoms with Crippen molar-refractivity contribution in [2.75, 3.05) is 6.54 Å². The number of rotatable bonds is 4. The molecule has 0 spiro atoms. The fourth-order valence-electron chi connectivity index (χ4n) is 3.77. The van der Waals surface area contributed by atoms with Crippen LogP contribution in [0, 0.1) is 0 Å². The van der Waals surface area contributed by atoms with Crippen molar-refractivity contribution in [2.45, 2.75) is 76.5 Å². The zero-order chi connectivity index (χ0) is 13.9. The summed E-state index contributed by atoms with van der Waals surface area (Å²) in [5.41, 5.74) is 2.76. The van der Waals surface area contributed by atoms with Crippen molar-refractivity contribution >= 4 is 0 Å². The minimum Gasteiger partial charge on any atom is -0.391 e. The molecule has 20 heavy (non-hydrogen) atoms. The lowest BCUT2D eigenvalue weighted by atomic mass is 10.1. The van der Waals surface area contributed by atoms with E-state index in [1.54, 1.807) is 0 Å². The van der Waals surface area contributed by atoms with Gasteiger partial charge in [-0.3, -0.25) is 4.68 Å². The van der Waals surface area contributed by atoms with Gasteiger partial charge in [0.25, 0.3) is 0 Å². The average molecular weight is 277 g/mol. The average Bonchev–Trinajstić information content (AvgIpc) is 2.99. The lowest BCUT2D eigenvalue weighted by Crippen LogP contribution is -2.23. The molecule has 0 radical (unpaired) electrons. The molecule has 112 valence electrons. The van der Waals surface area contributed by atoms with E-state index in [9.17, 15) is 5.11 Å². The van der Waals surface area contributed by atoms with Gasteiger partial charge in [0, 0.05) is 17.3 Å². The number of nitrogens with one attached hydrogen (secondary N) is 1. The Balaban J connectivity index is 1.86. The van der Waals surface area contributed by atoms with Gasteiger partial charge in [-0.1, -0.05) is 13.3 Å². The van der Waals surface area contributed by atoms with E-state index in [4.69, 9.17) is 0 Å². The molecule has 0 amide bonds. The molecule has 2 N–H and O–H groups in total. The first-order valence-corrected chi connectivity index (χ1v) is 8.29. The molecule has 1 aromatic rings. The maximum absolute atomic E-state index is 10.2. The predicted molar refractivity (Wildman–Crippen MR) is 79.7 cm³/mol. The van der Waals surface area contributed by atoms with Gasteiger partial charge < -0.3 is 10.4 Å². The van der Waals surface area contributed by atoms with Gasteiger partial charge in [-0.25, -0.2) is 0 Å². The summed E-state index contributed by atoms with van der Waals surface area (Å²) in [4.78, 5) is 0. The predicted octanol–water partition coefficient (Wildman–Crippen LogP) is 2.74. The van der Waals surface area contributed by atoms with Crippen molar-refractivity contribution in [3.05, 3.63) is 17.5 Å². The Hall–Kier alpha value is -0.870. The van der Waals surface area contributed by atoms with Gasteiger partial charge in [0.05, 0.1) is 18.3 Å². The van der Waals surface area contributed by atoms with Crippen LogP contribution in [0.2, 0.25) is 0 Å². The molecular weight excluding hydrogens is 250 g/mol.